The maximum Gasteiger partial charge on any atom is 0.297 e. The maximum atomic E-state index is 12.8. The summed E-state index contributed by atoms with van der Waals surface area (Å²) in [5.74, 6) is 1.30. The first-order valence-corrected chi connectivity index (χ1v) is 11.8. The molecule has 0 aliphatic carbocycles. The molecule has 6 nitrogen and oxygen atoms in total. The van der Waals surface area contributed by atoms with Crippen LogP contribution in [-0.4, -0.2) is 34.8 Å². The Morgan fingerprint density at radius 1 is 0.844 bits per heavy atom. The molecular formula is C25H28O6S. The standard InChI is InChI=1S/C25H28O6S/c1-20-8-14-25(15-9-20)32(26,27)31-24(16-17-29-18-21-6-4-3-5-7-21)19-30-23-12-10-22(28-2)11-13-23/h3-15,24H,16-19H2,1-2H3/t24-/m1/s1. The topological polar surface area (TPSA) is 71.1 Å². The van der Waals surface area contributed by atoms with Crippen LogP contribution in [0.4, 0.5) is 0 Å². The Morgan fingerprint density at radius 2 is 1.50 bits per heavy atom. The largest absolute Gasteiger partial charge is 0.497 e. The van der Waals surface area contributed by atoms with Crippen molar-refractivity contribution in [3.63, 3.8) is 0 Å². The van der Waals surface area contributed by atoms with Gasteiger partial charge in [0.25, 0.3) is 10.1 Å². The molecule has 0 fully saturated rings. The number of methoxy groups -OCH3 is 1. The van der Waals surface area contributed by atoms with Crippen LogP contribution in [0.3, 0.4) is 0 Å². The van der Waals surface area contributed by atoms with Gasteiger partial charge in [-0.15, -0.1) is 0 Å². The van der Waals surface area contributed by atoms with Gasteiger partial charge >= 0.3 is 0 Å². The molecule has 0 N–H and O–H groups in total. The SMILES string of the molecule is COc1ccc(OC[C@@H](CCOCc2ccccc2)OS(=O)(=O)c2ccc(C)cc2)cc1. The predicted molar refractivity (Wildman–Crippen MR) is 122 cm³/mol. The average molecular weight is 457 g/mol. The predicted octanol–water partition coefficient (Wildman–Crippen LogP) is 4.76. The van der Waals surface area contributed by atoms with Crippen LogP contribution in [0, 0.1) is 6.92 Å². The van der Waals surface area contributed by atoms with Crippen molar-refractivity contribution < 1.29 is 26.8 Å². The molecule has 0 amide bonds. The van der Waals surface area contributed by atoms with Gasteiger partial charge in [0.15, 0.2) is 0 Å². The third-order valence-electron chi connectivity index (χ3n) is 4.76. The highest BCUT2D eigenvalue weighted by Gasteiger charge is 2.22. The summed E-state index contributed by atoms with van der Waals surface area (Å²) >= 11 is 0. The Morgan fingerprint density at radius 3 is 2.16 bits per heavy atom. The fourth-order valence-corrected chi connectivity index (χ4v) is 4.03. The Labute approximate surface area is 189 Å². The lowest BCUT2D eigenvalue weighted by atomic mass is 10.2. The van der Waals surface area contributed by atoms with Crippen LogP contribution < -0.4 is 9.47 Å². The Bertz CT molecular complexity index is 1050. The number of ether oxygens (including phenoxy) is 3. The van der Waals surface area contributed by atoms with E-state index in [0.29, 0.717) is 31.1 Å². The number of rotatable bonds is 12. The first kappa shape index (κ1) is 23.8. The minimum atomic E-state index is -3.94. The fourth-order valence-electron chi connectivity index (χ4n) is 2.94. The molecule has 0 aliphatic rings. The zero-order valence-corrected chi connectivity index (χ0v) is 19.1. The van der Waals surface area contributed by atoms with E-state index in [-0.39, 0.29) is 11.5 Å². The lowest BCUT2D eigenvalue weighted by Crippen LogP contribution is -2.27. The highest BCUT2D eigenvalue weighted by molar-refractivity contribution is 7.86. The van der Waals surface area contributed by atoms with Crippen molar-refractivity contribution in [2.75, 3.05) is 20.3 Å². The Balaban J connectivity index is 1.62. The van der Waals surface area contributed by atoms with Crippen LogP contribution in [0.5, 0.6) is 11.5 Å². The Hall–Kier alpha value is -2.87. The van der Waals surface area contributed by atoms with Gasteiger partial charge in [0.1, 0.15) is 24.2 Å². The molecular weight excluding hydrogens is 428 g/mol. The van der Waals surface area contributed by atoms with E-state index < -0.39 is 16.2 Å². The minimum Gasteiger partial charge on any atom is -0.497 e. The van der Waals surface area contributed by atoms with E-state index in [0.717, 1.165) is 11.1 Å². The average Bonchev–Trinajstić information content (AvgIpc) is 2.81. The van der Waals surface area contributed by atoms with Crippen molar-refractivity contribution in [2.45, 2.75) is 31.0 Å². The van der Waals surface area contributed by atoms with Gasteiger partial charge in [-0.05, 0) is 48.9 Å². The highest BCUT2D eigenvalue weighted by atomic mass is 32.2. The van der Waals surface area contributed by atoms with E-state index >= 15 is 0 Å². The van der Waals surface area contributed by atoms with Crippen molar-refractivity contribution >= 4 is 10.1 Å². The monoisotopic (exact) mass is 456 g/mol. The third-order valence-corrected chi connectivity index (χ3v) is 6.14. The zero-order valence-electron chi connectivity index (χ0n) is 18.3. The van der Waals surface area contributed by atoms with Crippen LogP contribution in [0.25, 0.3) is 0 Å². The van der Waals surface area contributed by atoms with Crippen LogP contribution in [0.2, 0.25) is 0 Å². The Kier molecular flexibility index (Phi) is 8.67. The molecule has 0 aliphatic heterocycles. The summed E-state index contributed by atoms with van der Waals surface area (Å²) in [4.78, 5) is 0.114. The molecule has 0 radical (unpaired) electrons. The van der Waals surface area contributed by atoms with Gasteiger partial charge in [-0.2, -0.15) is 8.42 Å². The fraction of sp³-hybridized carbons (Fsp3) is 0.280. The summed E-state index contributed by atoms with van der Waals surface area (Å²) in [5, 5.41) is 0. The summed E-state index contributed by atoms with van der Waals surface area (Å²) in [6, 6.07) is 23.4. The van der Waals surface area contributed by atoms with Crippen LogP contribution >= 0.6 is 0 Å². The van der Waals surface area contributed by atoms with E-state index in [9.17, 15) is 8.42 Å². The third kappa shape index (κ3) is 7.37. The molecule has 32 heavy (non-hydrogen) atoms. The minimum absolute atomic E-state index is 0.0616. The smallest absolute Gasteiger partial charge is 0.297 e. The van der Waals surface area contributed by atoms with Crippen LogP contribution in [-0.2, 0) is 25.6 Å². The second-order valence-electron chi connectivity index (χ2n) is 7.30. The van der Waals surface area contributed by atoms with E-state index in [1.165, 1.54) is 12.1 Å². The molecule has 3 aromatic carbocycles. The van der Waals surface area contributed by atoms with Crippen LogP contribution in [0.1, 0.15) is 17.5 Å². The molecule has 0 saturated heterocycles. The summed E-state index contributed by atoms with van der Waals surface area (Å²) in [5.41, 5.74) is 2.02. The van der Waals surface area contributed by atoms with Crippen molar-refractivity contribution in [3.05, 3.63) is 90.0 Å². The summed E-state index contributed by atoms with van der Waals surface area (Å²) < 4.78 is 47.7. The molecule has 0 spiro atoms. The molecule has 0 saturated carbocycles. The van der Waals surface area contributed by atoms with Crippen molar-refractivity contribution in [3.8, 4) is 11.5 Å². The quantitative estimate of drug-likeness (QED) is 0.289. The summed E-state index contributed by atoms with van der Waals surface area (Å²) in [6.07, 6.45) is -0.354. The first-order chi connectivity index (χ1) is 15.5. The lowest BCUT2D eigenvalue weighted by molar-refractivity contribution is 0.0646. The second-order valence-corrected chi connectivity index (χ2v) is 8.87. The van der Waals surface area contributed by atoms with Gasteiger partial charge in [0.2, 0.25) is 0 Å². The van der Waals surface area contributed by atoms with Crippen molar-refractivity contribution in [2.24, 2.45) is 0 Å². The van der Waals surface area contributed by atoms with E-state index in [2.05, 4.69) is 0 Å². The lowest BCUT2D eigenvalue weighted by Gasteiger charge is -2.19. The number of aryl methyl sites for hydroxylation is 1. The summed E-state index contributed by atoms with van der Waals surface area (Å²) in [6.45, 7) is 2.73. The number of hydrogen-bond acceptors (Lipinski definition) is 6. The highest BCUT2D eigenvalue weighted by Crippen LogP contribution is 2.20. The zero-order chi connectivity index (χ0) is 22.8. The van der Waals surface area contributed by atoms with E-state index in [1.54, 1.807) is 43.5 Å². The van der Waals surface area contributed by atoms with Crippen molar-refractivity contribution in [1.29, 1.82) is 0 Å². The van der Waals surface area contributed by atoms with Gasteiger partial charge in [0, 0.05) is 13.0 Å². The summed E-state index contributed by atoms with van der Waals surface area (Å²) in [7, 11) is -2.35. The molecule has 170 valence electrons. The molecule has 7 heteroatoms. The molecule has 1 atom stereocenters. The van der Waals surface area contributed by atoms with E-state index in [4.69, 9.17) is 18.4 Å². The van der Waals surface area contributed by atoms with Gasteiger partial charge in [0.05, 0.1) is 18.6 Å². The van der Waals surface area contributed by atoms with Crippen molar-refractivity contribution in [1.82, 2.24) is 0 Å². The van der Waals surface area contributed by atoms with Gasteiger partial charge in [-0.1, -0.05) is 48.0 Å². The van der Waals surface area contributed by atoms with Gasteiger partial charge in [-0.25, -0.2) is 0 Å². The molecule has 0 unspecified atom stereocenters. The number of benzene rings is 3. The second kappa shape index (κ2) is 11.7. The van der Waals surface area contributed by atoms with E-state index in [1.807, 2.05) is 37.3 Å². The molecule has 3 aromatic rings. The van der Waals surface area contributed by atoms with Crippen LogP contribution in [0.15, 0.2) is 83.8 Å². The van der Waals surface area contributed by atoms with Gasteiger partial charge < -0.3 is 14.2 Å². The van der Waals surface area contributed by atoms with Gasteiger partial charge in [-0.3, -0.25) is 4.18 Å². The first-order valence-electron chi connectivity index (χ1n) is 10.3. The molecule has 0 heterocycles. The molecule has 0 aromatic heterocycles. The maximum absolute atomic E-state index is 12.8. The molecule has 0 bridgehead atoms. The normalized spacial score (nSPS) is 12.3. The number of hydrogen-bond donors (Lipinski definition) is 0. The molecule has 3 rings (SSSR count).